The summed E-state index contributed by atoms with van der Waals surface area (Å²) in [5.74, 6) is -0.187. The lowest BCUT2D eigenvalue weighted by molar-refractivity contribution is -0.150. The van der Waals surface area contributed by atoms with Crippen LogP contribution in [0.1, 0.15) is 27.2 Å². The zero-order valence-corrected chi connectivity index (χ0v) is 11.4. The van der Waals surface area contributed by atoms with E-state index in [1.165, 1.54) is 7.11 Å². The van der Waals surface area contributed by atoms with E-state index in [-0.39, 0.29) is 12.3 Å². The molecule has 0 bridgehead atoms. The first kappa shape index (κ1) is 16.4. The molecule has 0 aromatic rings. The molecule has 5 heteroatoms. The van der Waals surface area contributed by atoms with Gasteiger partial charge in [-0.2, -0.15) is 0 Å². The van der Waals surface area contributed by atoms with Crippen LogP contribution in [0.3, 0.4) is 0 Å². The summed E-state index contributed by atoms with van der Waals surface area (Å²) in [6.07, 6.45) is 0.178. The maximum Gasteiger partial charge on any atom is 0.306 e. The van der Waals surface area contributed by atoms with Gasteiger partial charge in [-0.05, 0) is 20.4 Å². The quantitative estimate of drug-likeness (QED) is 0.430. The van der Waals surface area contributed by atoms with Crippen LogP contribution in [-0.4, -0.2) is 57.1 Å². The molecule has 102 valence electrons. The smallest absolute Gasteiger partial charge is 0.306 e. The van der Waals surface area contributed by atoms with Crippen molar-refractivity contribution >= 4 is 5.97 Å². The number of carbonyl (C=O) groups excluding carboxylic acids is 1. The van der Waals surface area contributed by atoms with E-state index >= 15 is 0 Å². The van der Waals surface area contributed by atoms with Crippen molar-refractivity contribution in [2.45, 2.75) is 33.5 Å². The minimum absolute atomic E-state index is 0.187. The minimum Gasteiger partial charge on any atom is -0.469 e. The predicted molar refractivity (Wildman–Crippen MR) is 65.8 cm³/mol. The molecule has 0 radical (unpaired) electrons. The molecule has 0 atom stereocenters. The summed E-state index contributed by atoms with van der Waals surface area (Å²) < 4.78 is 15.6. The first-order valence-corrected chi connectivity index (χ1v) is 6.20. The fourth-order valence-corrected chi connectivity index (χ4v) is 1.47. The molecular weight excluding hydrogens is 222 g/mol. The lowest BCUT2D eigenvalue weighted by Gasteiger charge is -2.25. The highest BCUT2D eigenvalue weighted by Gasteiger charge is 2.14. The van der Waals surface area contributed by atoms with Gasteiger partial charge < -0.3 is 14.2 Å². The van der Waals surface area contributed by atoms with Crippen LogP contribution in [0.15, 0.2) is 0 Å². The zero-order chi connectivity index (χ0) is 13.1. The molecule has 0 aliphatic rings. The Morgan fingerprint density at radius 1 is 1.18 bits per heavy atom. The molecule has 0 saturated carbocycles. The maximum absolute atomic E-state index is 11.1. The van der Waals surface area contributed by atoms with Gasteiger partial charge in [0.25, 0.3) is 0 Å². The molecule has 5 nitrogen and oxygen atoms in total. The lowest BCUT2D eigenvalue weighted by atomic mass is 10.3. The van der Waals surface area contributed by atoms with Crippen LogP contribution < -0.4 is 0 Å². The van der Waals surface area contributed by atoms with E-state index < -0.39 is 0 Å². The van der Waals surface area contributed by atoms with Gasteiger partial charge in [0, 0.05) is 26.3 Å². The molecular formula is C12H25NO4. The SMILES string of the molecule is CCOC(CN(CC)CCC(=O)OC)OCC. The van der Waals surface area contributed by atoms with Crippen molar-refractivity contribution < 1.29 is 19.0 Å². The first-order chi connectivity index (χ1) is 8.17. The van der Waals surface area contributed by atoms with Crippen LogP contribution in [0.2, 0.25) is 0 Å². The molecule has 17 heavy (non-hydrogen) atoms. The van der Waals surface area contributed by atoms with Crippen molar-refractivity contribution in [1.82, 2.24) is 4.90 Å². The van der Waals surface area contributed by atoms with Gasteiger partial charge in [-0.3, -0.25) is 9.69 Å². The van der Waals surface area contributed by atoms with Crippen molar-refractivity contribution in [2.75, 3.05) is 40.0 Å². The van der Waals surface area contributed by atoms with Gasteiger partial charge in [-0.25, -0.2) is 0 Å². The summed E-state index contributed by atoms with van der Waals surface area (Å²) in [6, 6.07) is 0. The average molecular weight is 247 g/mol. The van der Waals surface area contributed by atoms with Crippen LogP contribution in [-0.2, 0) is 19.0 Å². The molecule has 0 aliphatic carbocycles. The Morgan fingerprint density at radius 3 is 2.18 bits per heavy atom. The van der Waals surface area contributed by atoms with Crippen LogP contribution in [0.5, 0.6) is 0 Å². The van der Waals surface area contributed by atoms with E-state index in [2.05, 4.69) is 9.64 Å². The van der Waals surface area contributed by atoms with Crippen molar-refractivity contribution in [3.8, 4) is 0 Å². The van der Waals surface area contributed by atoms with Gasteiger partial charge in [-0.1, -0.05) is 6.92 Å². The highest BCUT2D eigenvalue weighted by Crippen LogP contribution is 2.01. The van der Waals surface area contributed by atoms with Gasteiger partial charge in [0.05, 0.1) is 13.5 Å². The number of hydrogen-bond acceptors (Lipinski definition) is 5. The van der Waals surface area contributed by atoms with E-state index in [9.17, 15) is 4.79 Å². The summed E-state index contributed by atoms with van der Waals surface area (Å²) >= 11 is 0. The van der Waals surface area contributed by atoms with Crippen molar-refractivity contribution in [3.05, 3.63) is 0 Å². The molecule has 0 spiro atoms. The molecule has 0 heterocycles. The lowest BCUT2D eigenvalue weighted by Crippen LogP contribution is -2.37. The van der Waals surface area contributed by atoms with Crippen molar-refractivity contribution in [3.63, 3.8) is 0 Å². The minimum atomic E-state index is -0.220. The van der Waals surface area contributed by atoms with Crippen molar-refractivity contribution in [1.29, 1.82) is 0 Å². The fraction of sp³-hybridized carbons (Fsp3) is 0.917. The Balaban J connectivity index is 4.01. The highest BCUT2D eigenvalue weighted by molar-refractivity contribution is 5.69. The second-order valence-corrected chi connectivity index (χ2v) is 3.56. The summed E-state index contributed by atoms with van der Waals surface area (Å²) in [5.41, 5.74) is 0. The molecule has 0 unspecified atom stereocenters. The van der Waals surface area contributed by atoms with Crippen LogP contribution in [0.25, 0.3) is 0 Å². The van der Waals surface area contributed by atoms with Gasteiger partial charge in [-0.15, -0.1) is 0 Å². The summed E-state index contributed by atoms with van der Waals surface area (Å²) in [4.78, 5) is 13.2. The molecule has 0 amide bonds. The zero-order valence-electron chi connectivity index (χ0n) is 11.4. The van der Waals surface area contributed by atoms with Crippen molar-refractivity contribution in [2.24, 2.45) is 0 Å². The third-order valence-electron chi connectivity index (χ3n) is 2.42. The normalized spacial score (nSPS) is 11.2. The van der Waals surface area contributed by atoms with Crippen LogP contribution >= 0.6 is 0 Å². The number of carbonyl (C=O) groups is 1. The molecule has 0 aliphatic heterocycles. The second-order valence-electron chi connectivity index (χ2n) is 3.56. The largest absolute Gasteiger partial charge is 0.469 e. The topological polar surface area (TPSA) is 48.0 Å². The third kappa shape index (κ3) is 8.12. The Bertz CT molecular complexity index is 193. The van der Waals surface area contributed by atoms with Gasteiger partial charge >= 0.3 is 5.97 Å². The van der Waals surface area contributed by atoms with Crippen LogP contribution in [0.4, 0.5) is 0 Å². The summed E-state index contributed by atoms with van der Waals surface area (Å²) in [6.45, 7) is 9.38. The fourth-order valence-electron chi connectivity index (χ4n) is 1.47. The van der Waals surface area contributed by atoms with E-state index in [4.69, 9.17) is 9.47 Å². The Morgan fingerprint density at radius 2 is 1.76 bits per heavy atom. The number of rotatable bonds is 10. The third-order valence-corrected chi connectivity index (χ3v) is 2.42. The van der Waals surface area contributed by atoms with E-state index in [0.717, 1.165) is 6.54 Å². The molecule has 0 saturated heterocycles. The first-order valence-electron chi connectivity index (χ1n) is 6.20. The number of hydrogen-bond donors (Lipinski definition) is 0. The molecule has 0 rings (SSSR count). The Kier molecular flexibility index (Phi) is 10.1. The molecule has 0 N–H and O–H groups in total. The monoisotopic (exact) mass is 247 g/mol. The van der Waals surface area contributed by atoms with E-state index in [1.54, 1.807) is 0 Å². The molecule has 0 aromatic carbocycles. The van der Waals surface area contributed by atoms with E-state index in [0.29, 0.717) is 32.7 Å². The summed E-state index contributed by atoms with van der Waals surface area (Å²) in [5, 5.41) is 0. The number of ether oxygens (including phenoxy) is 3. The second kappa shape index (κ2) is 10.5. The standard InChI is InChI=1S/C12H25NO4/c1-5-13(9-8-11(14)15-4)10-12(16-6-2)17-7-3/h12H,5-10H2,1-4H3. The van der Waals surface area contributed by atoms with Gasteiger partial charge in [0.2, 0.25) is 0 Å². The Labute approximate surface area is 104 Å². The maximum atomic E-state index is 11.1. The number of esters is 1. The van der Waals surface area contributed by atoms with E-state index in [1.807, 2.05) is 20.8 Å². The average Bonchev–Trinajstić information content (AvgIpc) is 2.34. The summed E-state index contributed by atoms with van der Waals surface area (Å²) in [7, 11) is 1.40. The predicted octanol–water partition coefficient (Wildman–Crippen LogP) is 1.27. The van der Waals surface area contributed by atoms with Gasteiger partial charge in [0.15, 0.2) is 6.29 Å². The number of nitrogens with zero attached hydrogens (tertiary/aromatic N) is 1. The Hall–Kier alpha value is -0.650. The highest BCUT2D eigenvalue weighted by atomic mass is 16.7. The molecule has 0 fully saturated rings. The van der Waals surface area contributed by atoms with Gasteiger partial charge in [0.1, 0.15) is 0 Å². The number of likely N-dealkylation sites (N-methyl/N-ethyl adjacent to an activating group) is 1. The molecule has 0 aromatic heterocycles. The van der Waals surface area contributed by atoms with Crippen LogP contribution in [0, 0.1) is 0 Å². The number of methoxy groups -OCH3 is 1.